The topological polar surface area (TPSA) is 135 Å². The van der Waals surface area contributed by atoms with E-state index >= 15 is 0 Å². The number of Topliss-reactive ketones (excluding diaryl/α,β-unsaturated/α-hetero) is 1. The Hall–Kier alpha value is -2.63. The van der Waals surface area contributed by atoms with Crippen LogP contribution in [0.3, 0.4) is 0 Å². The van der Waals surface area contributed by atoms with Crippen LogP contribution in [0, 0.1) is 11.8 Å². The van der Waals surface area contributed by atoms with Crippen LogP contribution in [0.4, 0.5) is 0 Å². The molecule has 3 heterocycles. The molecular formula is C22H30N4O6S. The summed E-state index contributed by atoms with van der Waals surface area (Å²) in [5.41, 5.74) is 2.36. The molecule has 0 saturated carbocycles. The van der Waals surface area contributed by atoms with Crippen molar-refractivity contribution in [1.82, 2.24) is 20.4 Å². The average Bonchev–Trinajstić information content (AvgIpc) is 3.45. The number of morpholine rings is 1. The fraction of sp³-hybridized carbons (Fsp3) is 0.591. The number of nitrogens with one attached hydrogen (secondary N) is 1. The number of carbonyl (C=O) groups is 3. The first kappa shape index (κ1) is 25.0. The number of ketones is 1. The number of nitrogens with zero attached hydrogens (tertiary/aromatic N) is 3. The summed E-state index contributed by atoms with van der Waals surface area (Å²) in [5.74, 6) is -2.12. The maximum absolute atomic E-state index is 13.0. The van der Waals surface area contributed by atoms with E-state index < -0.39 is 23.8 Å². The lowest BCUT2D eigenvalue weighted by molar-refractivity contribution is -0.144. The van der Waals surface area contributed by atoms with Crippen molar-refractivity contribution in [1.29, 1.82) is 0 Å². The van der Waals surface area contributed by atoms with Gasteiger partial charge in [-0.2, -0.15) is 0 Å². The van der Waals surface area contributed by atoms with Gasteiger partial charge in [-0.05, 0) is 12.3 Å². The molecule has 2 aromatic rings. The first-order chi connectivity index (χ1) is 15.8. The molecule has 0 bridgehead atoms. The van der Waals surface area contributed by atoms with Gasteiger partial charge in [0.25, 0.3) is 5.91 Å². The fourth-order valence-electron chi connectivity index (χ4n) is 3.67. The second kappa shape index (κ2) is 12.0. The molecule has 1 aliphatic heterocycles. The molecule has 0 radical (unpaired) electrons. The van der Waals surface area contributed by atoms with Crippen molar-refractivity contribution in [3.05, 3.63) is 34.1 Å². The van der Waals surface area contributed by atoms with Gasteiger partial charge >= 0.3 is 5.97 Å². The number of ether oxygens (including phenoxy) is 1. The summed E-state index contributed by atoms with van der Waals surface area (Å²) in [6.07, 6.45) is 0.374. The van der Waals surface area contributed by atoms with Gasteiger partial charge in [0.2, 0.25) is 0 Å². The third-order valence-electron chi connectivity index (χ3n) is 5.41. The molecule has 2 aromatic heterocycles. The second-order valence-electron chi connectivity index (χ2n) is 8.61. The lowest BCUT2D eigenvalue weighted by Crippen LogP contribution is -2.43. The Labute approximate surface area is 196 Å². The smallest absolute Gasteiger partial charge is 0.307 e. The molecule has 1 aliphatic rings. The summed E-state index contributed by atoms with van der Waals surface area (Å²) in [7, 11) is 0. The molecule has 0 unspecified atom stereocenters. The molecule has 0 spiro atoms. The number of thiazole rings is 1. The van der Waals surface area contributed by atoms with E-state index in [1.165, 1.54) is 11.3 Å². The van der Waals surface area contributed by atoms with E-state index in [4.69, 9.17) is 9.26 Å². The molecule has 10 nitrogen and oxygen atoms in total. The highest BCUT2D eigenvalue weighted by molar-refractivity contribution is 7.07. The maximum Gasteiger partial charge on any atom is 0.307 e. The Morgan fingerprint density at radius 2 is 2.03 bits per heavy atom. The quantitative estimate of drug-likeness (QED) is 0.469. The number of rotatable bonds is 12. The number of carboxylic acids is 1. The fourth-order valence-corrected chi connectivity index (χ4v) is 4.24. The average molecular weight is 479 g/mol. The van der Waals surface area contributed by atoms with Crippen LogP contribution >= 0.6 is 11.3 Å². The molecule has 2 N–H and O–H groups in total. The minimum absolute atomic E-state index is 0.0945. The van der Waals surface area contributed by atoms with Crippen LogP contribution in [0.25, 0.3) is 0 Å². The van der Waals surface area contributed by atoms with Crippen molar-refractivity contribution >= 4 is 29.0 Å². The number of hydrogen-bond acceptors (Lipinski definition) is 9. The Morgan fingerprint density at radius 1 is 1.27 bits per heavy atom. The number of hydrogen-bond donors (Lipinski definition) is 2. The summed E-state index contributed by atoms with van der Waals surface area (Å²) in [4.78, 5) is 43.8. The molecule has 2 atom stereocenters. The predicted octanol–water partition coefficient (Wildman–Crippen LogP) is 2.01. The Bertz CT molecular complexity index is 923. The standard InChI is InChI=1S/C22H30N4O6S/c1-14(2)7-18(20(27)9-15(22(29)30)8-16-12-33-13-23-16)24-21(28)19-10-17(32-25-19)11-26-3-5-31-6-4-26/h10,12-15,18H,3-9,11H2,1-2H3,(H,24,28)(H,29,30)/t15-,18+/m1/s1. The SMILES string of the molecule is CC(C)C[C@H](NC(=O)c1cc(CN2CCOCC2)on1)C(=O)C[C@@H](Cc1cscn1)C(=O)O. The van der Waals surface area contributed by atoms with Crippen molar-refractivity contribution < 1.29 is 28.8 Å². The molecule has 180 valence electrons. The van der Waals surface area contributed by atoms with Crippen LogP contribution in [0.2, 0.25) is 0 Å². The van der Waals surface area contributed by atoms with E-state index in [2.05, 4.69) is 20.4 Å². The van der Waals surface area contributed by atoms with E-state index in [0.717, 1.165) is 13.1 Å². The Kier molecular flexibility index (Phi) is 9.10. The van der Waals surface area contributed by atoms with Gasteiger partial charge in [0.1, 0.15) is 0 Å². The van der Waals surface area contributed by atoms with E-state index in [9.17, 15) is 19.5 Å². The summed E-state index contributed by atoms with van der Waals surface area (Å²) in [5, 5.41) is 17.9. The highest BCUT2D eigenvalue weighted by Crippen LogP contribution is 2.18. The zero-order valence-electron chi connectivity index (χ0n) is 18.9. The molecular weight excluding hydrogens is 448 g/mol. The van der Waals surface area contributed by atoms with E-state index in [0.29, 0.717) is 37.6 Å². The van der Waals surface area contributed by atoms with Crippen LogP contribution in [-0.2, 0) is 27.3 Å². The van der Waals surface area contributed by atoms with Gasteiger partial charge in [-0.3, -0.25) is 19.3 Å². The van der Waals surface area contributed by atoms with E-state index in [1.54, 1.807) is 17.0 Å². The van der Waals surface area contributed by atoms with Gasteiger partial charge in [0, 0.05) is 37.4 Å². The summed E-state index contributed by atoms with van der Waals surface area (Å²) >= 11 is 1.37. The third kappa shape index (κ3) is 7.72. The van der Waals surface area contributed by atoms with Crippen molar-refractivity contribution in [2.24, 2.45) is 11.8 Å². The number of aliphatic carboxylic acids is 1. The highest BCUT2D eigenvalue weighted by atomic mass is 32.1. The van der Waals surface area contributed by atoms with Gasteiger partial charge < -0.3 is 19.7 Å². The van der Waals surface area contributed by atoms with Gasteiger partial charge in [0.15, 0.2) is 17.2 Å². The highest BCUT2D eigenvalue weighted by Gasteiger charge is 2.29. The molecule has 11 heteroatoms. The van der Waals surface area contributed by atoms with Crippen LogP contribution in [0.1, 0.15) is 48.6 Å². The molecule has 1 saturated heterocycles. The minimum atomic E-state index is -1.06. The number of amides is 1. The molecule has 33 heavy (non-hydrogen) atoms. The lowest BCUT2D eigenvalue weighted by atomic mass is 9.91. The zero-order valence-corrected chi connectivity index (χ0v) is 19.7. The first-order valence-electron chi connectivity index (χ1n) is 11.0. The van der Waals surface area contributed by atoms with Gasteiger partial charge in [-0.15, -0.1) is 11.3 Å². The van der Waals surface area contributed by atoms with Crippen LogP contribution < -0.4 is 5.32 Å². The Morgan fingerprint density at radius 3 is 2.67 bits per heavy atom. The van der Waals surface area contributed by atoms with Gasteiger partial charge in [-0.25, -0.2) is 4.98 Å². The third-order valence-corrected chi connectivity index (χ3v) is 6.05. The normalized spacial score (nSPS) is 16.5. The molecule has 3 rings (SSSR count). The zero-order chi connectivity index (χ0) is 23.8. The Balaban J connectivity index is 1.62. The lowest BCUT2D eigenvalue weighted by Gasteiger charge is -2.25. The van der Waals surface area contributed by atoms with Crippen molar-refractivity contribution in [2.45, 2.75) is 45.7 Å². The number of aromatic nitrogens is 2. The summed E-state index contributed by atoms with van der Waals surface area (Å²) < 4.78 is 10.6. The maximum atomic E-state index is 13.0. The first-order valence-corrected chi connectivity index (χ1v) is 11.9. The molecule has 1 amide bonds. The monoisotopic (exact) mass is 478 g/mol. The van der Waals surface area contributed by atoms with E-state index in [1.807, 2.05) is 13.8 Å². The van der Waals surface area contributed by atoms with Crippen molar-refractivity contribution in [3.8, 4) is 0 Å². The van der Waals surface area contributed by atoms with Crippen LogP contribution in [-0.4, -0.2) is 70.2 Å². The van der Waals surface area contributed by atoms with Crippen LogP contribution in [0.5, 0.6) is 0 Å². The molecule has 0 aliphatic carbocycles. The molecule has 1 fully saturated rings. The summed E-state index contributed by atoms with van der Waals surface area (Å²) in [6.45, 7) is 7.26. The molecule has 0 aromatic carbocycles. The largest absolute Gasteiger partial charge is 0.481 e. The minimum Gasteiger partial charge on any atom is -0.481 e. The van der Waals surface area contributed by atoms with Crippen molar-refractivity contribution in [3.63, 3.8) is 0 Å². The number of carbonyl (C=O) groups excluding carboxylic acids is 2. The predicted molar refractivity (Wildman–Crippen MR) is 120 cm³/mol. The van der Waals surface area contributed by atoms with Crippen molar-refractivity contribution in [2.75, 3.05) is 26.3 Å². The van der Waals surface area contributed by atoms with Gasteiger partial charge in [-0.1, -0.05) is 19.0 Å². The van der Waals surface area contributed by atoms with E-state index in [-0.39, 0.29) is 30.2 Å². The number of carboxylic acid groups (broad SMARTS) is 1. The summed E-state index contributed by atoms with van der Waals surface area (Å²) in [6, 6.07) is 0.762. The second-order valence-corrected chi connectivity index (χ2v) is 9.33. The van der Waals surface area contributed by atoms with Gasteiger partial charge in [0.05, 0.1) is 42.9 Å². The van der Waals surface area contributed by atoms with Crippen LogP contribution in [0.15, 0.2) is 21.5 Å².